The maximum absolute atomic E-state index is 0. The first kappa shape index (κ1) is 66.7. The third-order valence-corrected chi connectivity index (χ3v) is 0. The van der Waals surface area contributed by atoms with Crippen molar-refractivity contribution >= 4 is 0 Å². The van der Waals surface area contributed by atoms with Crippen LogP contribution in [0.5, 0.6) is 0 Å². The van der Waals surface area contributed by atoms with Crippen LogP contribution in [-0.4, -0.2) is 5.48 Å². The summed E-state index contributed by atoms with van der Waals surface area (Å²) >= 11 is 0. The number of rotatable bonds is 0. The van der Waals surface area contributed by atoms with Crippen LogP contribution in [-0.2, 0) is 0 Å². The summed E-state index contributed by atoms with van der Waals surface area (Å²) in [4.78, 5) is 0. The van der Waals surface area contributed by atoms with Crippen molar-refractivity contribution in [1.82, 2.24) is 0 Å². The molecule has 0 heterocycles. The second-order valence-corrected chi connectivity index (χ2v) is 0. The van der Waals surface area contributed by atoms with Gasteiger partial charge in [0.05, 0.1) is 0 Å². The summed E-state index contributed by atoms with van der Waals surface area (Å²) in [5.41, 5.74) is 0. The average molecular weight is 188 g/mol. The van der Waals surface area contributed by atoms with Crippen molar-refractivity contribution in [3.63, 3.8) is 0 Å². The molecular weight excluding hydrogens is 179 g/mol. The van der Waals surface area contributed by atoms with Crippen LogP contribution in [0.25, 0.3) is 0 Å². The standard InChI is InChI=1S/2CH4.La.H2O/h2*1H4;;1H2/p-1. The normalized spacial score (nSPS) is 0. The van der Waals surface area contributed by atoms with Crippen molar-refractivity contribution in [2.24, 2.45) is 0 Å². The van der Waals surface area contributed by atoms with Crippen LogP contribution in [0.1, 0.15) is 14.9 Å². The molecule has 0 aliphatic rings. The molecule has 0 rings (SSSR count). The van der Waals surface area contributed by atoms with Crippen LogP contribution >= 0.6 is 0 Å². The molecule has 0 aromatic carbocycles. The van der Waals surface area contributed by atoms with E-state index in [-0.39, 0.29) is 55.9 Å². The van der Waals surface area contributed by atoms with E-state index in [4.69, 9.17) is 0 Å². The summed E-state index contributed by atoms with van der Waals surface area (Å²) in [6.45, 7) is 0. The molecule has 0 fully saturated rings. The SMILES string of the molecule is C.C.[La].[OH-]. The van der Waals surface area contributed by atoms with Crippen molar-refractivity contribution in [3.8, 4) is 0 Å². The zero-order valence-electron chi connectivity index (χ0n) is 1.02. The van der Waals surface area contributed by atoms with Gasteiger partial charge in [-0.2, -0.15) is 0 Å². The van der Waals surface area contributed by atoms with Crippen LogP contribution < -0.4 is 0 Å². The Bertz CT molecular complexity index is 6.00. The van der Waals surface area contributed by atoms with Gasteiger partial charge >= 0.3 is 0 Å². The second kappa shape index (κ2) is 31.0. The Hall–Kier alpha value is 1.15. The van der Waals surface area contributed by atoms with Crippen molar-refractivity contribution in [2.75, 3.05) is 0 Å². The van der Waals surface area contributed by atoms with Gasteiger partial charge in [-0.05, 0) is 0 Å². The van der Waals surface area contributed by atoms with E-state index in [1.54, 1.807) is 0 Å². The summed E-state index contributed by atoms with van der Waals surface area (Å²) in [5.74, 6) is 0. The minimum Gasteiger partial charge on any atom is -0.870 e. The van der Waals surface area contributed by atoms with Crippen molar-refractivity contribution in [3.05, 3.63) is 0 Å². The van der Waals surface area contributed by atoms with Crippen LogP contribution in [0.4, 0.5) is 0 Å². The van der Waals surface area contributed by atoms with Gasteiger partial charge in [0, 0.05) is 35.6 Å². The Morgan fingerprint density at radius 3 is 0.750 bits per heavy atom. The molecule has 0 aliphatic heterocycles. The maximum atomic E-state index is 0. The zero-order chi connectivity index (χ0) is 0. The molecule has 1 nitrogen and oxygen atoms in total. The van der Waals surface area contributed by atoms with Gasteiger partial charge in [0.15, 0.2) is 0 Å². The van der Waals surface area contributed by atoms with E-state index in [1.165, 1.54) is 0 Å². The maximum Gasteiger partial charge on any atom is 0 e. The largest absolute Gasteiger partial charge is 0.870 e. The first-order valence-electron chi connectivity index (χ1n) is 0. The molecule has 0 bridgehead atoms. The Morgan fingerprint density at radius 2 is 0.750 bits per heavy atom. The Balaban J connectivity index is 0. The van der Waals surface area contributed by atoms with Crippen molar-refractivity contribution in [2.45, 2.75) is 14.9 Å². The van der Waals surface area contributed by atoms with Crippen molar-refractivity contribution in [1.29, 1.82) is 0 Å². The van der Waals surface area contributed by atoms with Gasteiger partial charge in [-0.25, -0.2) is 0 Å². The molecule has 0 aliphatic carbocycles. The average Bonchev–Trinajstić information content (AvgIpc) is 0. The topological polar surface area (TPSA) is 30.0 Å². The van der Waals surface area contributed by atoms with E-state index in [1.807, 2.05) is 0 Å². The molecule has 0 amide bonds. The van der Waals surface area contributed by atoms with Crippen molar-refractivity contribution < 1.29 is 41.1 Å². The number of hydrogen-bond donors (Lipinski definition) is 0. The van der Waals surface area contributed by atoms with E-state index < -0.39 is 0 Å². The molecule has 0 aromatic rings. The van der Waals surface area contributed by atoms with Gasteiger partial charge in [0.25, 0.3) is 0 Å². The summed E-state index contributed by atoms with van der Waals surface area (Å²) in [6.07, 6.45) is 0. The summed E-state index contributed by atoms with van der Waals surface area (Å²) in [6, 6.07) is 0. The molecule has 0 saturated heterocycles. The molecule has 0 spiro atoms. The first-order valence-corrected chi connectivity index (χ1v) is 0. The molecule has 2 heteroatoms. The summed E-state index contributed by atoms with van der Waals surface area (Å²) < 4.78 is 0. The quantitative estimate of drug-likeness (QED) is 0.559. The van der Waals surface area contributed by atoms with E-state index in [0.29, 0.717) is 0 Å². The van der Waals surface area contributed by atoms with Gasteiger partial charge < -0.3 is 5.48 Å². The Kier molecular flexibility index (Phi) is 517. The third-order valence-electron chi connectivity index (χ3n) is 0. The minimum absolute atomic E-state index is 0. The molecular formula is C2H9LaO-. The summed E-state index contributed by atoms with van der Waals surface area (Å²) in [5, 5.41) is 0. The third kappa shape index (κ3) is 11.0. The van der Waals surface area contributed by atoms with Crippen LogP contribution in [0, 0.1) is 35.6 Å². The fraction of sp³-hybridized carbons (Fsp3) is 1.00. The Labute approximate surface area is 55.7 Å². The monoisotopic (exact) mass is 188 g/mol. The molecule has 0 atom stereocenters. The molecule has 27 valence electrons. The van der Waals surface area contributed by atoms with Crippen LogP contribution in [0.2, 0.25) is 0 Å². The van der Waals surface area contributed by atoms with Crippen LogP contribution in [0.15, 0.2) is 0 Å². The molecule has 0 unspecified atom stereocenters. The van der Waals surface area contributed by atoms with Gasteiger partial charge in [0.1, 0.15) is 0 Å². The van der Waals surface area contributed by atoms with Gasteiger partial charge in [-0.1, -0.05) is 14.9 Å². The minimum atomic E-state index is 0. The van der Waals surface area contributed by atoms with E-state index >= 15 is 0 Å². The first-order chi connectivity index (χ1) is 0. The fourth-order valence-corrected chi connectivity index (χ4v) is 0. The zero-order valence-corrected chi connectivity index (χ0v) is 4.65. The van der Waals surface area contributed by atoms with E-state index in [9.17, 15) is 0 Å². The second-order valence-electron chi connectivity index (χ2n) is 0. The van der Waals surface area contributed by atoms with Gasteiger partial charge in [0.2, 0.25) is 0 Å². The smallest absolute Gasteiger partial charge is 0 e. The molecule has 4 heavy (non-hydrogen) atoms. The van der Waals surface area contributed by atoms with Gasteiger partial charge in [-0.3, -0.25) is 0 Å². The summed E-state index contributed by atoms with van der Waals surface area (Å²) in [7, 11) is 0. The predicted octanol–water partition coefficient (Wildman–Crippen LogP) is 1.10. The Morgan fingerprint density at radius 1 is 0.750 bits per heavy atom. The molecule has 1 radical (unpaired) electrons. The van der Waals surface area contributed by atoms with E-state index in [0.717, 1.165) is 0 Å². The fourth-order valence-electron chi connectivity index (χ4n) is 0. The molecule has 0 saturated carbocycles. The van der Waals surface area contributed by atoms with E-state index in [2.05, 4.69) is 0 Å². The molecule has 1 N–H and O–H groups in total. The predicted molar refractivity (Wildman–Crippen MR) is 15.4 cm³/mol. The molecule has 0 aromatic heterocycles. The van der Waals surface area contributed by atoms with Crippen LogP contribution in [0.3, 0.4) is 0 Å². The van der Waals surface area contributed by atoms with Gasteiger partial charge in [-0.15, -0.1) is 0 Å². The number of hydrogen-bond acceptors (Lipinski definition) is 1.